The number of aryl methyl sites for hydroxylation is 2. The van der Waals surface area contributed by atoms with E-state index in [1.54, 1.807) is 0 Å². The maximum absolute atomic E-state index is 11.7. The second-order valence-corrected chi connectivity index (χ2v) is 5.36. The van der Waals surface area contributed by atoms with Gasteiger partial charge in [-0.3, -0.25) is 4.79 Å². The molecule has 0 N–H and O–H groups in total. The predicted molar refractivity (Wildman–Crippen MR) is 86.0 cm³/mol. The van der Waals surface area contributed by atoms with Gasteiger partial charge in [-0.1, -0.05) is 30.3 Å². The lowest BCUT2D eigenvalue weighted by molar-refractivity contribution is -0.142. The molecule has 2 aliphatic rings. The third-order valence-corrected chi connectivity index (χ3v) is 3.63. The van der Waals surface area contributed by atoms with Crippen LogP contribution in [0.15, 0.2) is 48.5 Å². The second-order valence-electron chi connectivity index (χ2n) is 5.36. The highest BCUT2D eigenvalue weighted by molar-refractivity contribution is 5.70. The minimum Gasteiger partial charge on any atom is -0.461 e. The van der Waals surface area contributed by atoms with Crippen LogP contribution in [0.2, 0.25) is 0 Å². The molecule has 4 rings (SSSR count). The lowest BCUT2D eigenvalue weighted by Crippen LogP contribution is -2.05. The zero-order valence-corrected chi connectivity index (χ0v) is 12.5. The molecule has 2 aromatic rings. The molecular formula is C19H18O3. The van der Waals surface area contributed by atoms with Gasteiger partial charge in [-0.25, -0.2) is 0 Å². The molecule has 3 nitrogen and oxygen atoms in total. The van der Waals surface area contributed by atoms with Crippen molar-refractivity contribution < 1.29 is 14.3 Å². The minimum absolute atomic E-state index is 0.183. The number of esters is 1. The summed E-state index contributed by atoms with van der Waals surface area (Å²) in [6, 6.07) is 13.9. The molecule has 0 spiro atoms. The fourth-order valence-corrected chi connectivity index (χ4v) is 2.33. The quantitative estimate of drug-likeness (QED) is 0.680. The van der Waals surface area contributed by atoms with Gasteiger partial charge in [0, 0.05) is 6.42 Å². The van der Waals surface area contributed by atoms with Crippen molar-refractivity contribution in [3.05, 3.63) is 65.2 Å². The highest BCUT2D eigenvalue weighted by Crippen LogP contribution is 2.27. The van der Waals surface area contributed by atoms with Crippen LogP contribution < -0.4 is 4.74 Å². The Bertz CT molecular complexity index is 699. The van der Waals surface area contributed by atoms with Crippen LogP contribution in [0, 0.1) is 6.92 Å². The van der Waals surface area contributed by atoms with Gasteiger partial charge in [0.05, 0.1) is 0 Å². The molecule has 4 bridgehead atoms. The van der Waals surface area contributed by atoms with Crippen LogP contribution in [0.3, 0.4) is 0 Å². The Labute approximate surface area is 130 Å². The Kier molecular flexibility index (Phi) is 4.24. The number of carbonyl (C=O) groups is 1. The summed E-state index contributed by atoms with van der Waals surface area (Å²) in [5.74, 6) is 1.45. The minimum atomic E-state index is -0.183. The van der Waals surface area contributed by atoms with E-state index in [9.17, 15) is 4.79 Å². The topological polar surface area (TPSA) is 35.5 Å². The first-order valence-electron chi connectivity index (χ1n) is 7.40. The highest BCUT2D eigenvalue weighted by Gasteiger charge is 2.07. The number of rotatable bonds is 0. The van der Waals surface area contributed by atoms with Crippen LogP contribution in [0.4, 0.5) is 0 Å². The van der Waals surface area contributed by atoms with Gasteiger partial charge < -0.3 is 9.47 Å². The van der Waals surface area contributed by atoms with Crippen LogP contribution in [0.5, 0.6) is 11.5 Å². The number of hydrogen-bond donors (Lipinski definition) is 0. The first-order valence-corrected chi connectivity index (χ1v) is 7.40. The van der Waals surface area contributed by atoms with E-state index in [2.05, 4.69) is 0 Å². The Hall–Kier alpha value is -2.55. The second kappa shape index (κ2) is 6.48. The summed E-state index contributed by atoms with van der Waals surface area (Å²) in [5.41, 5.74) is 3.18. The van der Waals surface area contributed by atoms with Crippen LogP contribution >= 0.6 is 0 Å². The molecule has 0 amide bonds. The van der Waals surface area contributed by atoms with E-state index in [-0.39, 0.29) is 5.97 Å². The molecule has 0 saturated carbocycles. The molecule has 2 aliphatic heterocycles. The smallest absolute Gasteiger partial charge is 0.306 e. The Morgan fingerprint density at radius 3 is 2.64 bits per heavy atom. The third-order valence-electron chi connectivity index (χ3n) is 3.63. The van der Waals surface area contributed by atoms with Gasteiger partial charge in [0.25, 0.3) is 0 Å². The standard InChI is InChI=1S/C19H18O3/c1-14-4-5-16-8-11-19(20)21-12-2-3-15-6-9-17(10-7-15)22-18(14)13-16/h2-7,9-10,13H,8,11-12H2,1H3/b3-2-. The van der Waals surface area contributed by atoms with E-state index in [1.165, 1.54) is 0 Å². The molecule has 0 radical (unpaired) electrons. The van der Waals surface area contributed by atoms with Gasteiger partial charge in [0.15, 0.2) is 0 Å². The summed E-state index contributed by atoms with van der Waals surface area (Å²) >= 11 is 0. The van der Waals surface area contributed by atoms with E-state index >= 15 is 0 Å². The molecule has 0 saturated heterocycles. The number of carbonyl (C=O) groups excluding carboxylic acids is 1. The molecule has 3 heteroatoms. The van der Waals surface area contributed by atoms with E-state index < -0.39 is 0 Å². The van der Waals surface area contributed by atoms with Gasteiger partial charge in [0.2, 0.25) is 0 Å². The highest BCUT2D eigenvalue weighted by atomic mass is 16.5. The molecule has 0 aromatic heterocycles. The molecule has 0 unspecified atom stereocenters. The molecule has 2 aromatic carbocycles. The van der Waals surface area contributed by atoms with Gasteiger partial charge in [-0.2, -0.15) is 0 Å². The maximum Gasteiger partial charge on any atom is 0.306 e. The van der Waals surface area contributed by atoms with Crippen molar-refractivity contribution in [1.29, 1.82) is 0 Å². The number of ether oxygens (including phenoxy) is 2. The summed E-state index contributed by atoms with van der Waals surface area (Å²) in [6.07, 6.45) is 4.80. The number of fused-ring (bicyclic) bond motifs is 7. The fourth-order valence-electron chi connectivity index (χ4n) is 2.33. The van der Waals surface area contributed by atoms with Crippen LogP contribution in [-0.4, -0.2) is 12.6 Å². The SMILES string of the molecule is Cc1ccc2cc1Oc1ccc(cc1)/C=C\COC(=O)CC2. The normalized spacial score (nSPS) is 16.1. The molecule has 0 fully saturated rings. The first-order chi connectivity index (χ1) is 10.7. The molecular weight excluding hydrogens is 276 g/mol. The van der Waals surface area contributed by atoms with Crippen molar-refractivity contribution in [1.82, 2.24) is 0 Å². The van der Waals surface area contributed by atoms with Gasteiger partial charge in [0.1, 0.15) is 18.1 Å². The van der Waals surface area contributed by atoms with E-state index in [0.717, 1.165) is 28.2 Å². The molecule has 112 valence electrons. The van der Waals surface area contributed by atoms with E-state index in [4.69, 9.17) is 9.47 Å². The van der Waals surface area contributed by atoms with Gasteiger partial charge >= 0.3 is 5.97 Å². The van der Waals surface area contributed by atoms with Crippen LogP contribution in [0.1, 0.15) is 23.1 Å². The van der Waals surface area contributed by atoms with E-state index in [1.807, 2.05) is 61.5 Å². The first kappa shape index (κ1) is 14.4. The fraction of sp³-hybridized carbons (Fsp3) is 0.211. The van der Waals surface area contributed by atoms with Crippen molar-refractivity contribution in [3.8, 4) is 11.5 Å². The average molecular weight is 294 g/mol. The zero-order chi connectivity index (χ0) is 15.4. The number of hydrogen-bond acceptors (Lipinski definition) is 3. The summed E-state index contributed by atoms with van der Waals surface area (Å²) in [6.45, 7) is 2.31. The monoisotopic (exact) mass is 294 g/mol. The largest absolute Gasteiger partial charge is 0.461 e. The maximum atomic E-state index is 11.7. The third kappa shape index (κ3) is 3.55. The van der Waals surface area contributed by atoms with Crippen LogP contribution in [0.25, 0.3) is 6.08 Å². The van der Waals surface area contributed by atoms with Crippen molar-refractivity contribution >= 4 is 12.0 Å². The summed E-state index contributed by atoms with van der Waals surface area (Å²) < 4.78 is 11.2. The predicted octanol–water partition coefficient (Wildman–Crippen LogP) is 4.29. The molecule has 0 atom stereocenters. The zero-order valence-electron chi connectivity index (χ0n) is 12.5. The van der Waals surface area contributed by atoms with Crippen molar-refractivity contribution in [2.75, 3.05) is 6.61 Å². The van der Waals surface area contributed by atoms with Crippen molar-refractivity contribution in [2.24, 2.45) is 0 Å². The Morgan fingerprint density at radius 2 is 1.82 bits per heavy atom. The molecule has 2 heterocycles. The Morgan fingerprint density at radius 1 is 1.00 bits per heavy atom. The van der Waals surface area contributed by atoms with Crippen molar-refractivity contribution in [3.63, 3.8) is 0 Å². The van der Waals surface area contributed by atoms with E-state index in [0.29, 0.717) is 19.4 Å². The lowest BCUT2D eigenvalue weighted by atomic mass is 10.1. The summed E-state index contributed by atoms with van der Waals surface area (Å²) in [5, 5.41) is 0. The summed E-state index contributed by atoms with van der Waals surface area (Å²) in [4.78, 5) is 11.7. The number of benzene rings is 2. The molecule has 22 heavy (non-hydrogen) atoms. The Balaban J connectivity index is 1.94. The van der Waals surface area contributed by atoms with Gasteiger partial charge in [-0.05, 0) is 54.3 Å². The van der Waals surface area contributed by atoms with Gasteiger partial charge in [-0.15, -0.1) is 0 Å². The average Bonchev–Trinajstić information content (AvgIpc) is 2.54. The lowest BCUT2D eigenvalue weighted by Gasteiger charge is -2.11. The molecule has 0 aliphatic carbocycles. The van der Waals surface area contributed by atoms with Crippen LogP contribution in [-0.2, 0) is 16.0 Å². The van der Waals surface area contributed by atoms with Crippen molar-refractivity contribution in [2.45, 2.75) is 19.8 Å². The summed E-state index contributed by atoms with van der Waals surface area (Å²) in [7, 11) is 0.